The van der Waals surface area contributed by atoms with Gasteiger partial charge in [0.05, 0.1) is 18.9 Å². The lowest BCUT2D eigenvalue weighted by molar-refractivity contribution is 0.0322. The number of nitrogens with zero attached hydrogens (tertiary/aromatic N) is 2. The molecule has 20 heavy (non-hydrogen) atoms. The maximum Gasteiger partial charge on any atom is 0.128 e. The van der Waals surface area contributed by atoms with E-state index in [9.17, 15) is 0 Å². The summed E-state index contributed by atoms with van der Waals surface area (Å²) in [7, 11) is 0. The van der Waals surface area contributed by atoms with Crippen molar-refractivity contribution in [2.24, 2.45) is 5.16 Å². The lowest BCUT2D eigenvalue weighted by Gasteiger charge is -2.26. The zero-order valence-electron chi connectivity index (χ0n) is 11.9. The molecule has 5 nitrogen and oxygen atoms in total. The molecule has 2 rings (SSSR count). The fraction of sp³-hybridized carbons (Fsp3) is 0.533. The van der Waals surface area contributed by atoms with Gasteiger partial charge in [-0.2, -0.15) is 0 Å². The van der Waals surface area contributed by atoms with Crippen molar-refractivity contribution in [3.05, 3.63) is 29.8 Å². The molecule has 0 aliphatic carbocycles. The number of para-hydroxylation sites is 1. The van der Waals surface area contributed by atoms with Gasteiger partial charge in [-0.25, -0.2) is 0 Å². The topological polar surface area (TPSA) is 54.3 Å². The molecule has 1 aliphatic rings. The van der Waals surface area contributed by atoms with Crippen LogP contribution >= 0.6 is 0 Å². The Morgan fingerprint density at radius 3 is 2.80 bits per heavy atom. The standard InChI is InChI=1S/C15H22N2O3/c1-2-14(16-18)13-5-3-4-6-15(13)20-12-9-17-7-10-19-11-8-17/h3-6,18H,2,7-12H2,1H3/b16-14+. The Morgan fingerprint density at radius 2 is 2.10 bits per heavy atom. The first-order chi connectivity index (χ1) is 9.85. The highest BCUT2D eigenvalue weighted by molar-refractivity contribution is 6.02. The molecule has 0 radical (unpaired) electrons. The Bertz CT molecular complexity index is 442. The number of benzene rings is 1. The van der Waals surface area contributed by atoms with Gasteiger partial charge in [-0.1, -0.05) is 24.2 Å². The van der Waals surface area contributed by atoms with Gasteiger partial charge in [-0.15, -0.1) is 0 Å². The second-order valence-corrected chi connectivity index (χ2v) is 4.70. The van der Waals surface area contributed by atoms with E-state index in [1.165, 1.54) is 0 Å². The normalized spacial score (nSPS) is 17.1. The van der Waals surface area contributed by atoms with Crippen LogP contribution in [0, 0.1) is 0 Å². The van der Waals surface area contributed by atoms with Crippen molar-refractivity contribution in [2.45, 2.75) is 13.3 Å². The molecule has 0 aromatic heterocycles. The Hall–Kier alpha value is -1.59. The zero-order valence-corrected chi connectivity index (χ0v) is 11.9. The molecule has 0 saturated carbocycles. The van der Waals surface area contributed by atoms with E-state index in [0.717, 1.165) is 44.2 Å². The first-order valence-corrected chi connectivity index (χ1v) is 7.08. The molecule has 1 saturated heterocycles. The van der Waals surface area contributed by atoms with Crippen LogP contribution in [0.15, 0.2) is 29.4 Å². The second-order valence-electron chi connectivity index (χ2n) is 4.70. The second kappa shape index (κ2) is 7.87. The van der Waals surface area contributed by atoms with Gasteiger partial charge in [0.15, 0.2) is 0 Å². The van der Waals surface area contributed by atoms with Gasteiger partial charge < -0.3 is 14.7 Å². The number of ether oxygens (including phenoxy) is 2. The van der Waals surface area contributed by atoms with Gasteiger partial charge in [-0.05, 0) is 18.6 Å². The molecule has 0 atom stereocenters. The number of morpholine rings is 1. The van der Waals surface area contributed by atoms with Crippen molar-refractivity contribution in [1.29, 1.82) is 0 Å². The van der Waals surface area contributed by atoms with Crippen LogP contribution in [0.1, 0.15) is 18.9 Å². The van der Waals surface area contributed by atoms with Crippen molar-refractivity contribution in [1.82, 2.24) is 4.90 Å². The Kier molecular flexibility index (Phi) is 5.83. The van der Waals surface area contributed by atoms with E-state index < -0.39 is 0 Å². The molecule has 1 N–H and O–H groups in total. The van der Waals surface area contributed by atoms with Crippen molar-refractivity contribution in [2.75, 3.05) is 39.5 Å². The summed E-state index contributed by atoms with van der Waals surface area (Å²) in [4.78, 5) is 2.33. The average Bonchev–Trinajstić information content (AvgIpc) is 2.51. The van der Waals surface area contributed by atoms with E-state index in [1.807, 2.05) is 31.2 Å². The van der Waals surface area contributed by atoms with E-state index >= 15 is 0 Å². The van der Waals surface area contributed by atoms with Crippen LogP contribution in [0.4, 0.5) is 0 Å². The highest BCUT2D eigenvalue weighted by Crippen LogP contribution is 2.20. The SMILES string of the molecule is CC/C(=N\O)c1ccccc1OCCN1CCOCC1. The van der Waals surface area contributed by atoms with Crippen molar-refractivity contribution >= 4 is 5.71 Å². The molecular weight excluding hydrogens is 256 g/mol. The summed E-state index contributed by atoms with van der Waals surface area (Å²) in [5.41, 5.74) is 1.51. The Balaban J connectivity index is 1.92. The lowest BCUT2D eigenvalue weighted by atomic mass is 10.1. The summed E-state index contributed by atoms with van der Waals surface area (Å²) in [5, 5.41) is 12.4. The van der Waals surface area contributed by atoms with Gasteiger partial charge in [-0.3, -0.25) is 4.90 Å². The van der Waals surface area contributed by atoms with Crippen molar-refractivity contribution in [3.63, 3.8) is 0 Å². The largest absolute Gasteiger partial charge is 0.492 e. The predicted molar refractivity (Wildman–Crippen MR) is 77.8 cm³/mol. The first-order valence-electron chi connectivity index (χ1n) is 7.08. The van der Waals surface area contributed by atoms with E-state index in [4.69, 9.17) is 14.7 Å². The van der Waals surface area contributed by atoms with Crippen LogP contribution in [0.2, 0.25) is 0 Å². The van der Waals surface area contributed by atoms with E-state index in [0.29, 0.717) is 18.7 Å². The summed E-state index contributed by atoms with van der Waals surface area (Å²) in [6, 6.07) is 7.68. The maximum absolute atomic E-state index is 9.04. The van der Waals surface area contributed by atoms with Crippen LogP contribution in [0.25, 0.3) is 0 Å². The lowest BCUT2D eigenvalue weighted by Crippen LogP contribution is -2.38. The molecular formula is C15H22N2O3. The summed E-state index contributed by atoms with van der Waals surface area (Å²) in [6.45, 7) is 6.99. The number of oxime groups is 1. The van der Waals surface area contributed by atoms with E-state index in [-0.39, 0.29) is 0 Å². The first kappa shape index (κ1) is 14.8. The summed E-state index contributed by atoms with van der Waals surface area (Å²) < 4.78 is 11.2. The van der Waals surface area contributed by atoms with Gasteiger partial charge in [0.1, 0.15) is 12.4 Å². The summed E-state index contributed by atoms with van der Waals surface area (Å²) in [5.74, 6) is 0.774. The third-order valence-corrected chi connectivity index (χ3v) is 3.42. The molecule has 5 heteroatoms. The minimum Gasteiger partial charge on any atom is -0.492 e. The third-order valence-electron chi connectivity index (χ3n) is 3.42. The van der Waals surface area contributed by atoms with Crippen molar-refractivity contribution < 1.29 is 14.7 Å². The van der Waals surface area contributed by atoms with E-state index in [2.05, 4.69) is 10.1 Å². The minimum atomic E-state index is 0.624. The third kappa shape index (κ3) is 3.95. The van der Waals surface area contributed by atoms with Crippen LogP contribution < -0.4 is 4.74 Å². The van der Waals surface area contributed by atoms with Crippen molar-refractivity contribution in [3.8, 4) is 5.75 Å². The average molecular weight is 278 g/mol. The highest BCUT2D eigenvalue weighted by atomic mass is 16.5. The van der Waals surface area contributed by atoms with Gasteiger partial charge in [0, 0.05) is 25.2 Å². The molecule has 110 valence electrons. The van der Waals surface area contributed by atoms with Crippen LogP contribution in [-0.4, -0.2) is 55.3 Å². The number of hydrogen-bond acceptors (Lipinski definition) is 5. The number of rotatable bonds is 6. The molecule has 0 amide bonds. The molecule has 0 unspecified atom stereocenters. The van der Waals surface area contributed by atoms with Gasteiger partial charge >= 0.3 is 0 Å². The monoisotopic (exact) mass is 278 g/mol. The fourth-order valence-corrected chi connectivity index (χ4v) is 2.26. The quantitative estimate of drug-likeness (QED) is 0.491. The minimum absolute atomic E-state index is 0.624. The fourth-order valence-electron chi connectivity index (χ4n) is 2.26. The molecule has 1 aromatic rings. The molecule has 1 fully saturated rings. The summed E-state index contributed by atoms with van der Waals surface area (Å²) >= 11 is 0. The van der Waals surface area contributed by atoms with Gasteiger partial charge in [0.25, 0.3) is 0 Å². The highest BCUT2D eigenvalue weighted by Gasteiger charge is 2.12. The zero-order chi connectivity index (χ0) is 14.2. The Labute approximate surface area is 119 Å². The molecule has 1 heterocycles. The molecule has 1 aromatic carbocycles. The smallest absolute Gasteiger partial charge is 0.128 e. The summed E-state index contributed by atoms with van der Waals surface area (Å²) in [6.07, 6.45) is 0.667. The maximum atomic E-state index is 9.04. The molecule has 1 aliphatic heterocycles. The Morgan fingerprint density at radius 1 is 1.35 bits per heavy atom. The van der Waals surface area contributed by atoms with Crippen LogP contribution in [-0.2, 0) is 4.74 Å². The van der Waals surface area contributed by atoms with Crippen LogP contribution in [0.5, 0.6) is 5.75 Å². The van der Waals surface area contributed by atoms with E-state index in [1.54, 1.807) is 0 Å². The molecule has 0 spiro atoms. The van der Waals surface area contributed by atoms with Gasteiger partial charge in [0.2, 0.25) is 0 Å². The number of hydrogen-bond donors (Lipinski definition) is 1. The predicted octanol–water partition coefficient (Wildman–Crippen LogP) is 1.99. The molecule has 0 bridgehead atoms. The van der Waals surface area contributed by atoms with Crippen LogP contribution in [0.3, 0.4) is 0 Å².